The van der Waals surface area contributed by atoms with Crippen molar-refractivity contribution in [2.45, 2.75) is 110 Å². The van der Waals surface area contributed by atoms with Crippen LogP contribution < -0.4 is 0 Å². The molecule has 1 rings (SSSR count). The van der Waals surface area contributed by atoms with Crippen molar-refractivity contribution in [2.24, 2.45) is 0 Å². The van der Waals surface area contributed by atoms with Crippen molar-refractivity contribution in [3.8, 4) is 0 Å². The van der Waals surface area contributed by atoms with Crippen molar-refractivity contribution in [1.29, 1.82) is 0 Å². The molecule has 0 amide bonds. The Kier molecular flexibility index (Phi) is 17.0. The Hall–Kier alpha value is -1.55. The lowest BCUT2D eigenvalue weighted by atomic mass is 10.1. The van der Waals surface area contributed by atoms with Crippen LogP contribution in [0, 0.1) is 0 Å². The summed E-state index contributed by atoms with van der Waals surface area (Å²) in [6.45, 7) is 3.05. The van der Waals surface area contributed by atoms with Crippen molar-refractivity contribution in [3.05, 3.63) is 34.9 Å². The van der Waals surface area contributed by atoms with E-state index >= 15 is 0 Å². The van der Waals surface area contributed by atoms with Gasteiger partial charge >= 0.3 is 11.9 Å². The number of carbonyl (C=O) groups excluding carboxylic acids is 2. The maximum absolute atomic E-state index is 11.8. The van der Waals surface area contributed by atoms with Crippen molar-refractivity contribution in [1.82, 2.24) is 0 Å². The standard InChI is InChI=1S/C26H41ClO4/c1-2-3-4-5-6-7-8-9-10-14-21-30-25(28)15-12-11-13-16-26(29)31-22-23-17-19-24(27)20-18-23/h17-20H,2-16,21-22H2,1H3. The molecule has 0 saturated heterocycles. The van der Waals surface area contributed by atoms with E-state index in [1.54, 1.807) is 12.1 Å². The highest BCUT2D eigenvalue weighted by Gasteiger charge is 2.06. The predicted octanol–water partition coefficient (Wildman–Crippen LogP) is 7.80. The summed E-state index contributed by atoms with van der Waals surface area (Å²) < 4.78 is 10.5. The number of rotatable bonds is 19. The number of ether oxygens (including phenoxy) is 2. The first-order valence-electron chi connectivity index (χ1n) is 12.2. The monoisotopic (exact) mass is 452 g/mol. The van der Waals surface area contributed by atoms with Crippen LogP contribution in [0.1, 0.15) is 109 Å². The van der Waals surface area contributed by atoms with Crippen LogP contribution >= 0.6 is 11.6 Å². The van der Waals surface area contributed by atoms with E-state index in [9.17, 15) is 9.59 Å². The molecule has 0 aliphatic rings. The molecule has 4 nitrogen and oxygen atoms in total. The summed E-state index contributed by atoms with van der Waals surface area (Å²) in [5.74, 6) is -0.334. The zero-order chi connectivity index (χ0) is 22.6. The normalized spacial score (nSPS) is 10.8. The number of hydrogen-bond donors (Lipinski definition) is 0. The zero-order valence-corrected chi connectivity index (χ0v) is 20.1. The average molecular weight is 453 g/mol. The second-order valence-corrected chi connectivity index (χ2v) is 8.69. The Labute approximate surface area is 194 Å². The summed E-state index contributed by atoms with van der Waals surface area (Å²) in [4.78, 5) is 23.5. The van der Waals surface area contributed by atoms with E-state index in [0.717, 1.165) is 37.7 Å². The van der Waals surface area contributed by atoms with E-state index in [1.165, 1.54) is 51.4 Å². The molecule has 0 radical (unpaired) electrons. The summed E-state index contributed by atoms with van der Waals surface area (Å²) in [6, 6.07) is 7.24. The fourth-order valence-corrected chi connectivity index (χ4v) is 3.51. The predicted molar refractivity (Wildman–Crippen MR) is 127 cm³/mol. The number of halogens is 1. The molecule has 1 aromatic rings. The molecule has 1 aromatic carbocycles. The summed E-state index contributed by atoms with van der Waals surface area (Å²) in [7, 11) is 0. The van der Waals surface area contributed by atoms with Gasteiger partial charge in [-0.1, -0.05) is 94.9 Å². The van der Waals surface area contributed by atoms with Gasteiger partial charge in [0.25, 0.3) is 0 Å². The molecule has 0 aliphatic carbocycles. The van der Waals surface area contributed by atoms with Gasteiger partial charge in [-0.2, -0.15) is 0 Å². The Morgan fingerprint density at radius 1 is 0.677 bits per heavy atom. The lowest BCUT2D eigenvalue weighted by molar-refractivity contribution is -0.145. The van der Waals surface area contributed by atoms with Crippen LogP contribution in [-0.4, -0.2) is 18.5 Å². The van der Waals surface area contributed by atoms with Gasteiger partial charge in [-0.05, 0) is 37.0 Å². The van der Waals surface area contributed by atoms with Gasteiger partial charge in [0.1, 0.15) is 6.61 Å². The maximum Gasteiger partial charge on any atom is 0.306 e. The van der Waals surface area contributed by atoms with E-state index in [-0.39, 0.29) is 18.5 Å². The third-order valence-corrected chi connectivity index (χ3v) is 5.59. The molecule has 5 heteroatoms. The summed E-state index contributed by atoms with van der Waals surface area (Å²) in [5, 5.41) is 0.664. The smallest absolute Gasteiger partial charge is 0.306 e. The highest BCUT2D eigenvalue weighted by Crippen LogP contribution is 2.12. The van der Waals surface area contributed by atoms with E-state index < -0.39 is 0 Å². The molecular formula is C26H41ClO4. The van der Waals surface area contributed by atoms with E-state index in [0.29, 0.717) is 24.5 Å². The maximum atomic E-state index is 11.8. The highest BCUT2D eigenvalue weighted by molar-refractivity contribution is 6.30. The molecule has 0 aliphatic heterocycles. The quantitative estimate of drug-likeness (QED) is 0.159. The number of benzene rings is 1. The molecular weight excluding hydrogens is 412 g/mol. The van der Waals surface area contributed by atoms with E-state index in [1.807, 2.05) is 12.1 Å². The Bertz CT molecular complexity index is 586. The number of hydrogen-bond acceptors (Lipinski definition) is 4. The number of esters is 2. The third kappa shape index (κ3) is 16.8. The SMILES string of the molecule is CCCCCCCCCCCCOC(=O)CCCCCC(=O)OCc1ccc(Cl)cc1. The first kappa shape index (κ1) is 27.5. The fraction of sp³-hybridized carbons (Fsp3) is 0.692. The van der Waals surface area contributed by atoms with Crippen molar-refractivity contribution in [2.75, 3.05) is 6.61 Å². The van der Waals surface area contributed by atoms with Crippen LogP contribution in [0.3, 0.4) is 0 Å². The van der Waals surface area contributed by atoms with Crippen LogP contribution in [0.5, 0.6) is 0 Å². The Balaban J connectivity index is 1.85. The van der Waals surface area contributed by atoms with Gasteiger partial charge in [0.2, 0.25) is 0 Å². The van der Waals surface area contributed by atoms with Gasteiger partial charge in [0, 0.05) is 17.9 Å². The minimum Gasteiger partial charge on any atom is -0.466 e. The third-order valence-electron chi connectivity index (χ3n) is 5.34. The second kappa shape index (κ2) is 19.2. The van der Waals surface area contributed by atoms with Gasteiger partial charge in [-0.15, -0.1) is 0 Å². The summed E-state index contributed by atoms with van der Waals surface area (Å²) in [6.07, 6.45) is 15.8. The Morgan fingerprint density at radius 2 is 1.16 bits per heavy atom. The van der Waals surface area contributed by atoms with Crippen molar-refractivity contribution < 1.29 is 19.1 Å². The van der Waals surface area contributed by atoms with Gasteiger partial charge in [-0.3, -0.25) is 9.59 Å². The van der Waals surface area contributed by atoms with Gasteiger partial charge < -0.3 is 9.47 Å². The van der Waals surface area contributed by atoms with Crippen molar-refractivity contribution >= 4 is 23.5 Å². The lowest BCUT2D eigenvalue weighted by Gasteiger charge is -2.06. The first-order valence-corrected chi connectivity index (χ1v) is 12.5. The highest BCUT2D eigenvalue weighted by atomic mass is 35.5. The molecule has 0 unspecified atom stereocenters. The zero-order valence-electron chi connectivity index (χ0n) is 19.3. The molecule has 0 saturated carbocycles. The largest absolute Gasteiger partial charge is 0.466 e. The van der Waals surface area contributed by atoms with Crippen LogP contribution in [0.2, 0.25) is 5.02 Å². The number of unbranched alkanes of at least 4 members (excludes halogenated alkanes) is 11. The molecule has 0 N–H and O–H groups in total. The second-order valence-electron chi connectivity index (χ2n) is 8.25. The van der Waals surface area contributed by atoms with Crippen LogP contribution in [0.15, 0.2) is 24.3 Å². The van der Waals surface area contributed by atoms with Gasteiger partial charge in [0.05, 0.1) is 6.61 Å². The fourth-order valence-electron chi connectivity index (χ4n) is 3.38. The first-order chi connectivity index (χ1) is 15.1. The van der Waals surface area contributed by atoms with E-state index in [2.05, 4.69) is 6.92 Å². The molecule has 176 valence electrons. The minimum absolute atomic E-state index is 0.124. The lowest BCUT2D eigenvalue weighted by Crippen LogP contribution is -2.06. The molecule has 31 heavy (non-hydrogen) atoms. The summed E-state index contributed by atoms with van der Waals surface area (Å²) >= 11 is 5.83. The minimum atomic E-state index is -0.210. The molecule has 0 atom stereocenters. The Morgan fingerprint density at radius 3 is 1.74 bits per heavy atom. The molecule has 0 spiro atoms. The number of carbonyl (C=O) groups is 2. The van der Waals surface area contributed by atoms with Gasteiger partial charge in [-0.25, -0.2) is 0 Å². The molecule has 0 heterocycles. The molecule has 0 bridgehead atoms. The summed E-state index contributed by atoms with van der Waals surface area (Å²) in [5.41, 5.74) is 0.919. The van der Waals surface area contributed by atoms with Crippen molar-refractivity contribution in [3.63, 3.8) is 0 Å². The van der Waals surface area contributed by atoms with Crippen LogP contribution in [0.4, 0.5) is 0 Å². The topological polar surface area (TPSA) is 52.6 Å². The molecule has 0 fully saturated rings. The molecule has 0 aromatic heterocycles. The van der Waals surface area contributed by atoms with Gasteiger partial charge in [0.15, 0.2) is 0 Å². The van der Waals surface area contributed by atoms with E-state index in [4.69, 9.17) is 21.1 Å². The average Bonchev–Trinajstić information content (AvgIpc) is 2.77. The van der Waals surface area contributed by atoms with Crippen LogP contribution in [-0.2, 0) is 25.7 Å². The van der Waals surface area contributed by atoms with Crippen LogP contribution in [0.25, 0.3) is 0 Å².